The third-order valence-corrected chi connectivity index (χ3v) is 6.66. The lowest BCUT2D eigenvalue weighted by molar-refractivity contribution is -0.0432. The molecule has 0 saturated carbocycles. The first-order valence-corrected chi connectivity index (χ1v) is 11.0. The van der Waals surface area contributed by atoms with Gasteiger partial charge in [-0.3, -0.25) is 13.9 Å². The van der Waals surface area contributed by atoms with E-state index >= 15 is 0 Å². The quantitative estimate of drug-likeness (QED) is 0.459. The van der Waals surface area contributed by atoms with Gasteiger partial charge in [0, 0.05) is 13.0 Å². The van der Waals surface area contributed by atoms with Crippen LogP contribution in [0.5, 0.6) is 0 Å². The van der Waals surface area contributed by atoms with Crippen LogP contribution in [0.3, 0.4) is 0 Å². The Morgan fingerprint density at radius 2 is 2.10 bits per heavy atom. The zero-order chi connectivity index (χ0) is 21.7. The summed E-state index contributed by atoms with van der Waals surface area (Å²) in [4.78, 5) is 22.0. The molecule has 7 atom stereocenters. The highest BCUT2D eigenvalue weighted by Crippen LogP contribution is 2.36. The van der Waals surface area contributed by atoms with Crippen LogP contribution in [0.4, 0.5) is 5.95 Å². The van der Waals surface area contributed by atoms with E-state index in [2.05, 4.69) is 22.2 Å². The van der Waals surface area contributed by atoms with Gasteiger partial charge in [-0.2, -0.15) is 4.98 Å². The van der Waals surface area contributed by atoms with Crippen LogP contribution in [0, 0.1) is 5.92 Å². The summed E-state index contributed by atoms with van der Waals surface area (Å²) in [6.07, 6.45) is 2.32. The maximum absolute atomic E-state index is 13.1. The maximum Gasteiger partial charge on any atom is 0.283 e. The van der Waals surface area contributed by atoms with E-state index < -0.39 is 30.8 Å². The molecule has 4 N–H and O–H groups in total. The normalized spacial score (nSPS) is 34.6. The summed E-state index contributed by atoms with van der Waals surface area (Å²) in [5, 5.41) is 33.3. The zero-order valence-corrected chi connectivity index (χ0v) is 17.4. The Balaban J connectivity index is 1.42. The molecule has 5 rings (SSSR count). The third kappa shape index (κ3) is 3.44. The number of rotatable bonds is 6. The maximum atomic E-state index is 13.1. The number of aliphatic hydroxyl groups is 3. The number of imidazole rings is 1. The lowest BCUT2D eigenvalue weighted by Crippen LogP contribution is -2.43. The van der Waals surface area contributed by atoms with Crippen LogP contribution >= 0.6 is 0 Å². The third-order valence-electron chi connectivity index (χ3n) is 6.66. The van der Waals surface area contributed by atoms with Crippen molar-refractivity contribution in [1.82, 2.24) is 19.1 Å². The first-order valence-electron chi connectivity index (χ1n) is 11.0. The van der Waals surface area contributed by atoms with Gasteiger partial charge in [-0.1, -0.05) is 26.2 Å². The van der Waals surface area contributed by atoms with Gasteiger partial charge in [0.2, 0.25) is 5.95 Å². The topological polar surface area (TPSA) is 144 Å². The first-order chi connectivity index (χ1) is 15.0. The van der Waals surface area contributed by atoms with Gasteiger partial charge in [0.25, 0.3) is 5.56 Å². The van der Waals surface area contributed by atoms with E-state index in [-0.39, 0.29) is 36.1 Å². The minimum Gasteiger partial charge on any atom is -0.394 e. The zero-order valence-electron chi connectivity index (χ0n) is 17.4. The molecule has 31 heavy (non-hydrogen) atoms. The molecular formula is C20H29N5O6. The van der Waals surface area contributed by atoms with Crippen LogP contribution in [0.25, 0.3) is 11.2 Å². The smallest absolute Gasteiger partial charge is 0.283 e. The van der Waals surface area contributed by atoms with Crippen molar-refractivity contribution < 1.29 is 24.8 Å². The number of nitrogens with one attached hydrogen (secondary N) is 1. The Morgan fingerprint density at radius 3 is 2.84 bits per heavy atom. The van der Waals surface area contributed by atoms with Crippen LogP contribution in [-0.2, 0) is 16.0 Å². The molecule has 0 amide bonds. The summed E-state index contributed by atoms with van der Waals surface area (Å²) < 4.78 is 14.9. The number of hydrogen-bond acceptors (Lipinski definition) is 9. The summed E-state index contributed by atoms with van der Waals surface area (Å²) in [5.41, 5.74) is 0.238. The van der Waals surface area contributed by atoms with Crippen LogP contribution in [0.15, 0.2) is 11.1 Å². The molecule has 2 aromatic rings. The molecule has 3 aliphatic heterocycles. The van der Waals surface area contributed by atoms with Gasteiger partial charge < -0.3 is 30.1 Å². The molecule has 3 aliphatic rings. The highest BCUT2D eigenvalue weighted by molar-refractivity contribution is 5.71. The van der Waals surface area contributed by atoms with Crippen LogP contribution < -0.4 is 10.9 Å². The number of nitrogens with zero attached hydrogens (tertiary/aromatic N) is 4. The van der Waals surface area contributed by atoms with Gasteiger partial charge in [0.05, 0.1) is 37.2 Å². The fraction of sp³-hybridized carbons (Fsp3) is 0.750. The second kappa shape index (κ2) is 8.14. The second-order valence-electron chi connectivity index (χ2n) is 8.68. The van der Waals surface area contributed by atoms with Crippen LogP contribution in [0.2, 0.25) is 0 Å². The van der Waals surface area contributed by atoms with E-state index in [4.69, 9.17) is 9.47 Å². The molecule has 0 radical (unpaired) electrons. The van der Waals surface area contributed by atoms with Crippen molar-refractivity contribution in [3.63, 3.8) is 0 Å². The Labute approximate surface area is 178 Å². The Bertz CT molecular complexity index is 1010. The number of unbranched alkanes of at least 4 members (excludes halogenated alkanes) is 2. The summed E-state index contributed by atoms with van der Waals surface area (Å²) in [7, 11) is 0. The summed E-state index contributed by atoms with van der Waals surface area (Å²) in [5.74, 6) is 0.121. The molecule has 2 saturated heterocycles. The van der Waals surface area contributed by atoms with Gasteiger partial charge in [0.15, 0.2) is 11.2 Å². The average Bonchev–Trinajstić information content (AvgIpc) is 3.43. The van der Waals surface area contributed by atoms with Gasteiger partial charge >= 0.3 is 0 Å². The van der Waals surface area contributed by atoms with Crippen LogP contribution in [0.1, 0.15) is 45.3 Å². The van der Waals surface area contributed by atoms with Crippen molar-refractivity contribution in [2.45, 2.75) is 82.4 Å². The first kappa shape index (κ1) is 20.8. The lowest BCUT2D eigenvalue weighted by atomic mass is 9.95. The molecule has 2 aromatic heterocycles. The van der Waals surface area contributed by atoms with Crippen molar-refractivity contribution in [3.8, 4) is 0 Å². The summed E-state index contributed by atoms with van der Waals surface area (Å²) >= 11 is 0. The fourth-order valence-corrected chi connectivity index (χ4v) is 4.88. The molecule has 0 spiro atoms. The van der Waals surface area contributed by atoms with Gasteiger partial charge in [0.1, 0.15) is 18.6 Å². The number of ether oxygens (including phenoxy) is 2. The van der Waals surface area contributed by atoms with E-state index in [9.17, 15) is 20.1 Å². The van der Waals surface area contributed by atoms with Crippen molar-refractivity contribution in [2.24, 2.45) is 5.92 Å². The number of anilines is 1. The standard InChI is InChI=1S/C20H29N5O6/c1-2-3-4-5-12-16(28)10-7-24-19(29)15-17(22-20(24)23-18(10)31-12)25(9-21-15)14-6-11(27)13(8-26)30-14/h9-14,16,18,26-28H,2-8H2,1H3,(H,22,23)/t10?,11-,12?,13+,14+,16?,18?/m0/s1. The Kier molecular flexibility index (Phi) is 5.47. The Morgan fingerprint density at radius 1 is 1.26 bits per heavy atom. The van der Waals surface area contributed by atoms with E-state index in [1.54, 1.807) is 4.57 Å². The largest absolute Gasteiger partial charge is 0.394 e. The monoisotopic (exact) mass is 435 g/mol. The van der Waals surface area contributed by atoms with Crippen LogP contribution in [-0.4, -0.2) is 71.7 Å². The molecule has 170 valence electrons. The fourth-order valence-electron chi connectivity index (χ4n) is 4.88. The number of aliphatic hydroxyl groups excluding tert-OH is 3. The molecule has 11 heteroatoms. The van der Waals surface area contributed by atoms with E-state index in [0.717, 1.165) is 25.7 Å². The summed E-state index contributed by atoms with van der Waals surface area (Å²) in [6.45, 7) is 2.14. The van der Waals surface area contributed by atoms with Crippen molar-refractivity contribution in [3.05, 3.63) is 16.7 Å². The molecule has 4 unspecified atom stereocenters. The number of fused-ring (bicyclic) bond motifs is 3. The van der Waals surface area contributed by atoms with Gasteiger partial charge in [-0.05, 0) is 6.42 Å². The second-order valence-corrected chi connectivity index (χ2v) is 8.68. The van der Waals surface area contributed by atoms with Crippen molar-refractivity contribution in [1.29, 1.82) is 0 Å². The van der Waals surface area contributed by atoms with E-state index in [1.807, 2.05) is 0 Å². The lowest BCUT2D eigenvalue weighted by Gasteiger charge is -2.29. The molecule has 5 heterocycles. The number of hydrogen-bond donors (Lipinski definition) is 4. The number of aromatic nitrogens is 4. The molecular weight excluding hydrogens is 406 g/mol. The highest BCUT2D eigenvalue weighted by Gasteiger charge is 2.46. The van der Waals surface area contributed by atoms with Gasteiger partial charge in [-0.25, -0.2) is 4.98 Å². The molecule has 11 nitrogen and oxygen atoms in total. The van der Waals surface area contributed by atoms with E-state index in [1.165, 1.54) is 10.9 Å². The molecule has 2 fully saturated rings. The Hall–Kier alpha value is -2.05. The predicted molar refractivity (Wildman–Crippen MR) is 109 cm³/mol. The molecule has 0 aliphatic carbocycles. The van der Waals surface area contributed by atoms with Crippen molar-refractivity contribution >= 4 is 17.1 Å². The minimum atomic E-state index is -0.803. The van der Waals surface area contributed by atoms with E-state index in [0.29, 0.717) is 18.1 Å². The highest BCUT2D eigenvalue weighted by atomic mass is 16.5. The molecule has 0 aromatic carbocycles. The minimum absolute atomic E-state index is 0.197. The molecule has 0 bridgehead atoms. The SMILES string of the molecule is CCCCCC1OC2Nc3nc4c(ncn4[C@H]4C[C@H](O)[C@@H](CO)O4)c(=O)n3CC2C1O. The average molecular weight is 435 g/mol. The predicted octanol–water partition coefficient (Wildman–Crippen LogP) is -0.0585. The summed E-state index contributed by atoms with van der Waals surface area (Å²) in [6, 6.07) is 0. The van der Waals surface area contributed by atoms with Crippen molar-refractivity contribution in [2.75, 3.05) is 11.9 Å². The van der Waals surface area contributed by atoms with Gasteiger partial charge in [-0.15, -0.1) is 0 Å².